The van der Waals surface area contributed by atoms with E-state index in [1.165, 1.54) is 4.88 Å². The van der Waals surface area contributed by atoms with Gasteiger partial charge in [-0.05, 0) is 48.3 Å². The Morgan fingerprint density at radius 1 is 1.67 bits per heavy atom. The molecule has 3 unspecified atom stereocenters. The molecule has 2 nitrogen and oxygen atoms in total. The highest BCUT2D eigenvalue weighted by atomic mass is 79.9. The van der Waals surface area contributed by atoms with Crippen molar-refractivity contribution >= 4 is 38.9 Å². The van der Waals surface area contributed by atoms with Gasteiger partial charge in [0, 0.05) is 27.9 Å². The predicted molar refractivity (Wildman–Crippen MR) is 81.6 cm³/mol. The Bertz CT molecular complexity index is 379. The third-order valence-electron chi connectivity index (χ3n) is 3.45. The van der Waals surface area contributed by atoms with Gasteiger partial charge in [-0.15, -0.1) is 11.3 Å². The van der Waals surface area contributed by atoms with E-state index < -0.39 is 0 Å². The Labute approximate surface area is 126 Å². The van der Waals surface area contributed by atoms with Crippen molar-refractivity contribution in [2.45, 2.75) is 38.8 Å². The van der Waals surface area contributed by atoms with Crippen LogP contribution in [0.5, 0.6) is 0 Å². The first-order valence-electron chi connectivity index (χ1n) is 6.43. The Kier molecular flexibility index (Phi) is 5.51. The summed E-state index contributed by atoms with van der Waals surface area (Å²) >= 11 is 11.3. The van der Waals surface area contributed by atoms with E-state index in [1.807, 2.05) is 0 Å². The monoisotopic (exact) mass is 351 g/mol. The van der Waals surface area contributed by atoms with Crippen molar-refractivity contribution in [3.63, 3.8) is 0 Å². The molecule has 0 radical (unpaired) electrons. The van der Waals surface area contributed by atoms with E-state index in [0.717, 1.165) is 34.8 Å². The molecule has 1 aliphatic rings. The Hall–Kier alpha value is 0.390. The lowest BCUT2D eigenvalue weighted by atomic mass is 9.92. The molecule has 1 N–H and O–H groups in total. The van der Waals surface area contributed by atoms with Crippen LogP contribution in [-0.2, 0) is 4.74 Å². The molecule has 0 saturated carbocycles. The van der Waals surface area contributed by atoms with Gasteiger partial charge in [-0.3, -0.25) is 0 Å². The first-order chi connectivity index (χ1) is 8.63. The predicted octanol–water partition coefficient (Wildman–Crippen LogP) is 4.63. The average Bonchev–Trinajstić information content (AvgIpc) is 2.88. The summed E-state index contributed by atoms with van der Waals surface area (Å²) in [6.45, 7) is 6.26. The molecule has 0 spiro atoms. The highest BCUT2D eigenvalue weighted by Gasteiger charge is 2.33. The van der Waals surface area contributed by atoms with Crippen LogP contribution in [0.25, 0.3) is 0 Å². The second-order valence-corrected chi connectivity index (χ2v) is 7.27. The fraction of sp³-hybridized carbons (Fsp3) is 0.692. The first kappa shape index (κ1) is 14.8. The van der Waals surface area contributed by atoms with E-state index in [2.05, 4.69) is 41.2 Å². The zero-order valence-corrected chi connectivity index (χ0v) is 13.9. The van der Waals surface area contributed by atoms with Crippen molar-refractivity contribution in [2.75, 3.05) is 13.2 Å². The maximum Gasteiger partial charge on any atom is 0.107 e. The Morgan fingerprint density at radius 3 is 2.94 bits per heavy atom. The van der Waals surface area contributed by atoms with Gasteiger partial charge in [-0.25, -0.2) is 0 Å². The second kappa shape index (κ2) is 6.71. The van der Waals surface area contributed by atoms with Gasteiger partial charge >= 0.3 is 0 Å². The molecule has 102 valence electrons. The number of rotatable bonds is 5. The number of ether oxygens (including phenoxy) is 1. The molecule has 2 heterocycles. The van der Waals surface area contributed by atoms with Gasteiger partial charge in [-0.2, -0.15) is 0 Å². The van der Waals surface area contributed by atoms with Gasteiger partial charge in [0.2, 0.25) is 0 Å². The number of thiophene rings is 1. The van der Waals surface area contributed by atoms with Crippen molar-refractivity contribution < 1.29 is 4.74 Å². The zero-order chi connectivity index (χ0) is 13.1. The number of hydrogen-bond acceptors (Lipinski definition) is 3. The second-order valence-electron chi connectivity index (χ2n) is 4.73. The van der Waals surface area contributed by atoms with E-state index in [9.17, 15) is 0 Å². The van der Waals surface area contributed by atoms with Gasteiger partial charge in [0.05, 0.1) is 6.10 Å². The minimum absolute atomic E-state index is 0.319. The van der Waals surface area contributed by atoms with Gasteiger partial charge in [0.15, 0.2) is 0 Å². The Balaban J connectivity index is 2.18. The van der Waals surface area contributed by atoms with Gasteiger partial charge in [-0.1, -0.05) is 18.5 Å². The largest absolute Gasteiger partial charge is 0.378 e. The number of hydrogen-bond donors (Lipinski definition) is 1. The summed E-state index contributed by atoms with van der Waals surface area (Å²) in [4.78, 5) is 1.31. The van der Waals surface area contributed by atoms with Crippen molar-refractivity contribution in [3.05, 3.63) is 19.8 Å². The first-order valence-corrected chi connectivity index (χ1v) is 8.42. The molecule has 1 aromatic rings. The van der Waals surface area contributed by atoms with Gasteiger partial charge < -0.3 is 10.1 Å². The lowest BCUT2D eigenvalue weighted by molar-refractivity contribution is 0.0957. The lowest BCUT2D eigenvalue weighted by Gasteiger charge is -2.26. The van der Waals surface area contributed by atoms with Gasteiger partial charge in [0.1, 0.15) is 4.34 Å². The molecule has 0 bridgehead atoms. The summed E-state index contributed by atoms with van der Waals surface area (Å²) in [6, 6.07) is 2.50. The van der Waals surface area contributed by atoms with Crippen molar-refractivity contribution in [1.82, 2.24) is 5.32 Å². The summed E-state index contributed by atoms with van der Waals surface area (Å²) in [5, 5.41) is 3.65. The summed E-state index contributed by atoms with van der Waals surface area (Å²) in [5.74, 6) is 0.540. The summed E-state index contributed by atoms with van der Waals surface area (Å²) in [7, 11) is 0. The molecular formula is C13H19BrClNOS. The van der Waals surface area contributed by atoms with Crippen molar-refractivity contribution in [2.24, 2.45) is 5.92 Å². The zero-order valence-electron chi connectivity index (χ0n) is 10.7. The molecule has 0 aromatic carbocycles. The summed E-state index contributed by atoms with van der Waals surface area (Å²) < 4.78 is 7.54. The summed E-state index contributed by atoms with van der Waals surface area (Å²) in [5.41, 5.74) is 0. The van der Waals surface area contributed by atoms with Crippen LogP contribution in [-0.4, -0.2) is 19.3 Å². The SMILES string of the molecule is CCCNC(c1cc(Br)c(Cl)s1)C1CCOC1C. The van der Waals surface area contributed by atoms with E-state index >= 15 is 0 Å². The molecule has 2 rings (SSSR count). The number of nitrogens with one attached hydrogen (secondary N) is 1. The smallest absolute Gasteiger partial charge is 0.107 e. The molecule has 1 aromatic heterocycles. The quantitative estimate of drug-likeness (QED) is 0.834. The molecule has 0 aliphatic carbocycles. The van der Waals surface area contributed by atoms with Gasteiger partial charge in [0.25, 0.3) is 0 Å². The van der Waals surface area contributed by atoms with Crippen LogP contribution in [0.2, 0.25) is 4.34 Å². The van der Waals surface area contributed by atoms with Crippen LogP contribution in [0.3, 0.4) is 0 Å². The fourth-order valence-electron chi connectivity index (χ4n) is 2.47. The van der Waals surface area contributed by atoms with E-state index in [4.69, 9.17) is 16.3 Å². The van der Waals surface area contributed by atoms with E-state index in [0.29, 0.717) is 18.1 Å². The van der Waals surface area contributed by atoms with E-state index in [-0.39, 0.29) is 0 Å². The maximum atomic E-state index is 6.16. The molecule has 18 heavy (non-hydrogen) atoms. The van der Waals surface area contributed by atoms with Crippen LogP contribution < -0.4 is 5.32 Å². The standard InChI is InChI=1S/C13H19BrClNOS/c1-3-5-16-12(9-4-6-17-8(9)2)11-7-10(14)13(15)18-11/h7-9,12,16H,3-6H2,1-2H3. The third kappa shape index (κ3) is 3.28. The van der Waals surface area contributed by atoms with Crippen LogP contribution in [0.1, 0.15) is 37.6 Å². The fourth-order valence-corrected chi connectivity index (χ4v) is 4.35. The average molecular weight is 353 g/mol. The minimum Gasteiger partial charge on any atom is -0.378 e. The van der Waals surface area contributed by atoms with Crippen molar-refractivity contribution in [1.29, 1.82) is 0 Å². The maximum absolute atomic E-state index is 6.16. The van der Waals surface area contributed by atoms with Crippen LogP contribution in [0.15, 0.2) is 10.5 Å². The highest BCUT2D eigenvalue weighted by Crippen LogP contribution is 2.41. The third-order valence-corrected chi connectivity index (χ3v) is 6.01. The minimum atomic E-state index is 0.319. The van der Waals surface area contributed by atoms with Crippen LogP contribution in [0, 0.1) is 5.92 Å². The van der Waals surface area contributed by atoms with Crippen LogP contribution in [0.4, 0.5) is 0 Å². The molecular weight excluding hydrogens is 334 g/mol. The molecule has 1 fully saturated rings. The molecule has 3 atom stereocenters. The Morgan fingerprint density at radius 2 is 2.44 bits per heavy atom. The van der Waals surface area contributed by atoms with Crippen molar-refractivity contribution in [3.8, 4) is 0 Å². The van der Waals surface area contributed by atoms with Crippen LogP contribution >= 0.6 is 38.9 Å². The molecule has 1 aliphatic heterocycles. The normalized spacial score (nSPS) is 25.6. The molecule has 5 heteroatoms. The highest BCUT2D eigenvalue weighted by molar-refractivity contribution is 9.10. The number of halogens is 2. The molecule has 0 amide bonds. The molecule has 1 saturated heterocycles. The lowest BCUT2D eigenvalue weighted by Crippen LogP contribution is -2.31. The van der Waals surface area contributed by atoms with E-state index in [1.54, 1.807) is 11.3 Å². The topological polar surface area (TPSA) is 21.3 Å². The summed E-state index contributed by atoms with van der Waals surface area (Å²) in [6.07, 6.45) is 2.58.